The second kappa shape index (κ2) is 11.4. The summed E-state index contributed by atoms with van der Waals surface area (Å²) in [6.45, 7) is 0. The van der Waals surface area contributed by atoms with Gasteiger partial charge in [0, 0.05) is 4.90 Å². The van der Waals surface area contributed by atoms with Crippen molar-refractivity contribution in [2.24, 2.45) is 0 Å². The van der Waals surface area contributed by atoms with Crippen LogP contribution in [0.1, 0.15) is 0 Å². The summed E-state index contributed by atoms with van der Waals surface area (Å²) < 4.78 is 36.5. The Kier molecular flexibility index (Phi) is 22.3. The molecular weight excluding hydrogens is 273 g/mol. The first-order valence-corrected chi connectivity index (χ1v) is 2.89. The van der Waals surface area contributed by atoms with Gasteiger partial charge in [-0.2, -0.15) is 0 Å². The van der Waals surface area contributed by atoms with Crippen molar-refractivity contribution in [3.8, 4) is 0 Å². The Morgan fingerprint density at radius 1 is 0.800 bits per heavy atom. The summed E-state index contributed by atoms with van der Waals surface area (Å²) in [5.74, 6) is -3.90. The van der Waals surface area contributed by atoms with Crippen molar-refractivity contribution in [2.45, 2.75) is 4.90 Å². The Morgan fingerprint density at radius 3 is 1.33 bits per heavy atom. The number of hydrogen-bond acceptors (Lipinski definition) is 1. The molecule has 0 N–H and O–H groups in total. The van der Waals surface area contributed by atoms with Gasteiger partial charge in [-0.1, -0.05) is 0 Å². The fraction of sp³-hybridized carbons (Fsp3) is 0. The molecule has 1 rings (SSSR count). The molecule has 9 heteroatoms. The molecule has 0 aliphatic carbocycles. The zero-order chi connectivity index (χ0) is 7.72. The highest BCUT2D eigenvalue weighted by molar-refractivity contribution is 7.80. The van der Waals surface area contributed by atoms with Gasteiger partial charge in [0.25, 0.3) is 0 Å². The summed E-state index contributed by atoms with van der Waals surface area (Å²) in [6, 6.07) is 1.61. The van der Waals surface area contributed by atoms with Crippen molar-refractivity contribution in [3.05, 3.63) is 29.6 Å². The second-order valence-corrected chi connectivity index (χ2v) is 2.24. The van der Waals surface area contributed by atoms with Crippen LogP contribution in [0.25, 0.3) is 0 Å². The average Bonchev–Trinajstić information content (AvgIpc) is 1.82. The van der Waals surface area contributed by atoms with E-state index < -0.39 is 17.5 Å². The predicted molar refractivity (Wildman–Crippen MR) is 50.8 cm³/mol. The smallest absolute Gasteiger partial charge is 0.194 e. The predicted octanol–water partition coefficient (Wildman–Crippen LogP) is 3.42. The summed E-state index contributed by atoms with van der Waals surface area (Å²) in [7, 11) is 0. The van der Waals surface area contributed by atoms with Crippen LogP contribution in [0.4, 0.5) is 32.0 Å². The van der Waals surface area contributed by atoms with Gasteiger partial charge in [0.2, 0.25) is 0 Å². The van der Waals surface area contributed by atoms with Gasteiger partial charge in [0.15, 0.2) is 17.5 Å². The molecule has 0 spiro atoms. The highest BCUT2D eigenvalue weighted by Crippen LogP contribution is 2.15. The average molecular weight is 281 g/mol. The summed E-state index contributed by atoms with van der Waals surface area (Å²) in [6.07, 6.45) is 0. The fourth-order valence-electron chi connectivity index (χ4n) is 0.542. The maximum Gasteiger partial charge on any atom is 0.194 e. The molecule has 0 nitrogen and oxygen atoms in total. The zero-order valence-electron chi connectivity index (χ0n) is 6.78. The Morgan fingerprint density at radius 2 is 1.07 bits per heavy atom. The minimum Gasteiger partial charge on any atom is -0.269 e. The quantitative estimate of drug-likeness (QED) is 0.420. The maximum atomic E-state index is 12.2. The van der Waals surface area contributed by atoms with Crippen molar-refractivity contribution in [1.82, 2.24) is 0 Å². The Balaban J connectivity index is -0.0000000667. The van der Waals surface area contributed by atoms with Crippen molar-refractivity contribution in [3.63, 3.8) is 0 Å². The first-order chi connectivity index (χ1) is 4.61. The van der Waals surface area contributed by atoms with Crippen molar-refractivity contribution in [1.29, 1.82) is 0 Å². The lowest BCUT2D eigenvalue weighted by molar-refractivity contribution is 0.443. The van der Waals surface area contributed by atoms with E-state index in [0.717, 1.165) is 12.1 Å². The molecule has 0 aromatic heterocycles. The van der Waals surface area contributed by atoms with Crippen LogP contribution in [0.5, 0.6) is 0 Å². The largest absolute Gasteiger partial charge is 0.269 e. The molecule has 0 saturated heterocycles. The number of thiol groups is 1. The molecule has 0 aliphatic heterocycles. The molecule has 0 fully saturated rings. The summed E-state index contributed by atoms with van der Waals surface area (Å²) in [5.41, 5.74) is 0. The van der Waals surface area contributed by atoms with Crippen LogP contribution in [0.2, 0.25) is 0 Å². The van der Waals surface area contributed by atoms with Gasteiger partial charge >= 0.3 is 0 Å². The lowest BCUT2D eigenvalue weighted by Gasteiger charge is -1.94. The third-order valence-electron chi connectivity index (χ3n) is 0.969. The Labute approximate surface area is 92.2 Å². The monoisotopic (exact) mass is 280 g/mol. The fourth-order valence-corrected chi connectivity index (χ4v) is 0.769. The van der Waals surface area contributed by atoms with Crippen LogP contribution in [0, 0.1) is 17.5 Å². The molecule has 15 heavy (non-hydrogen) atoms. The molecule has 1 aromatic carbocycles. The van der Waals surface area contributed by atoms with E-state index in [1.807, 2.05) is 0 Å². The van der Waals surface area contributed by atoms with E-state index in [0.29, 0.717) is 0 Å². The van der Waals surface area contributed by atoms with Gasteiger partial charge in [-0.25, -0.2) is 13.2 Å². The van der Waals surface area contributed by atoms with Gasteiger partial charge in [0.05, 0.1) is 0 Å². The van der Waals surface area contributed by atoms with Crippen LogP contribution >= 0.6 is 25.0 Å². The van der Waals surface area contributed by atoms with E-state index in [1.54, 1.807) is 0 Å². The van der Waals surface area contributed by atoms with Crippen LogP contribution in [-0.2, 0) is 0 Å². The van der Waals surface area contributed by atoms with Crippen LogP contribution < -0.4 is 0 Å². The molecule has 0 atom stereocenters. The standard InChI is InChI=1S/C6H3F3S.ClH.4FH/c7-4-1-3(10)2-5(8)6(4)9;;;;;/h1-2,10H;5*1H. The second-order valence-electron chi connectivity index (χ2n) is 1.72. The zero-order valence-corrected chi connectivity index (χ0v) is 8.49. The van der Waals surface area contributed by atoms with Gasteiger partial charge in [-0.3, -0.25) is 18.8 Å². The molecule has 0 radical (unpaired) electrons. The number of halogens is 8. The maximum absolute atomic E-state index is 12.2. The first-order valence-electron chi connectivity index (χ1n) is 2.45. The lowest BCUT2D eigenvalue weighted by Crippen LogP contribution is -1.88. The molecule has 0 heterocycles. The van der Waals surface area contributed by atoms with Crippen molar-refractivity contribution < 1.29 is 32.0 Å². The molecule has 0 aliphatic rings. The van der Waals surface area contributed by atoms with E-state index in [-0.39, 0.29) is 36.1 Å². The molecule has 94 valence electrons. The summed E-state index contributed by atoms with van der Waals surface area (Å²) in [4.78, 5) is 0.0661. The van der Waals surface area contributed by atoms with E-state index >= 15 is 0 Å². The van der Waals surface area contributed by atoms with Gasteiger partial charge in [-0.15, -0.1) is 25.0 Å². The van der Waals surface area contributed by atoms with E-state index in [9.17, 15) is 13.2 Å². The minimum atomic E-state index is -1.46. The summed E-state index contributed by atoms with van der Waals surface area (Å²) >= 11 is 3.62. The Bertz CT molecular complexity index is 247. The normalized spacial score (nSPS) is 6.67. The van der Waals surface area contributed by atoms with Crippen LogP contribution in [0.3, 0.4) is 0 Å². The topological polar surface area (TPSA) is 0 Å². The van der Waals surface area contributed by atoms with Gasteiger partial charge < -0.3 is 0 Å². The number of hydrogen-bond donors (Lipinski definition) is 1. The van der Waals surface area contributed by atoms with Gasteiger partial charge in [-0.05, 0) is 12.1 Å². The Hall–Kier alpha value is -0.630. The van der Waals surface area contributed by atoms with Crippen molar-refractivity contribution >= 4 is 25.0 Å². The minimum absolute atomic E-state index is 0. The van der Waals surface area contributed by atoms with Crippen LogP contribution in [0.15, 0.2) is 17.0 Å². The molecule has 0 saturated carbocycles. The van der Waals surface area contributed by atoms with Crippen molar-refractivity contribution in [2.75, 3.05) is 0 Å². The molecule has 0 amide bonds. The third kappa shape index (κ3) is 7.32. The number of rotatable bonds is 0. The summed E-state index contributed by atoms with van der Waals surface area (Å²) in [5, 5.41) is 0. The van der Waals surface area contributed by atoms with Gasteiger partial charge in [0.1, 0.15) is 0 Å². The first kappa shape index (κ1) is 29.3. The third-order valence-corrected chi connectivity index (χ3v) is 1.23. The molecular formula is C6H8ClF7S. The molecule has 0 bridgehead atoms. The van der Waals surface area contributed by atoms with Crippen LogP contribution in [-0.4, -0.2) is 0 Å². The van der Waals surface area contributed by atoms with E-state index in [2.05, 4.69) is 12.6 Å². The number of benzene rings is 1. The molecule has 1 aromatic rings. The lowest BCUT2D eigenvalue weighted by atomic mass is 10.3. The highest BCUT2D eigenvalue weighted by atomic mass is 35.5. The van der Waals surface area contributed by atoms with E-state index in [4.69, 9.17) is 0 Å². The SMILES string of the molecule is Cl.F.F.F.F.Fc1cc(S)cc(F)c1F. The highest BCUT2D eigenvalue weighted by Gasteiger charge is 2.07. The van der Waals surface area contributed by atoms with E-state index in [1.165, 1.54) is 0 Å². The molecule has 0 unspecified atom stereocenters.